The van der Waals surface area contributed by atoms with Crippen LogP contribution in [-0.4, -0.2) is 47.9 Å². The summed E-state index contributed by atoms with van der Waals surface area (Å²) in [6, 6.07) is 6.18. The average molecular weight is 385 g/mol. The maximum absolute atomic E-state index is 12.8. The molecule has 0 saturated carbocycles. The highest BCUT2D eigenvalue weighted by molar-refractivity contribution is 7.17. The van der Waals surface area contributed by atoms with Crippen molar-refractivity contribution in [2.24, 2.45) is 0 Å². The van der Waals surface area contributed by atoms with Crippen LogP contribution in [0, 0.1) is 0 Å². The fraction of sp³-hybridized carbons (Fsp3) is 0.421. The fourth-order valence-corrected chi connectivity index (χ4v) is 4.54. The van der Waals surface area contributed by atoms with E-state index in [0.29, 0.717) is 35.9 Å². The largest absolute Gasteiger partial charge is 0.375 e. The first kappa shape index (κ1) is 17.8. The van der Waals surface area contributed by atoms with E-state index < -0.39 is 0 Å². The van der Waals surface area contributed by atoms with Crippen molar-refractivity contribution in [2.45, 2.75) is 26.2 Å². The van der Waals surface area contributed by atoms with Crippen molar-refractivity contribution in [3.63, 3.8) is 0 Å². The number of amides is 2. The smallest absolute Gasteiger partial charge is 0.266 e. The van der Waals surface area contributed by atoms with Crippen molar-refractivity contribution in [3.05, 3.63) is 34.3 Å². The summed E-state index contributed by atoms with van der Waals surface area (Å²) in [7, 11) is 0. The number of nitrogens with two attached hydrogens (primary N) is 1. The molecule has 4 rings (SSSR count). The second kappa shape index (κ2) is 7.19. The van der Waals surface area contributed by atoms with Gasteiger partial charge in [0.15, 0.2) is 5.13 Å². The Balaban J connectivity index is 1.43. The van der Waals surface area contributed by atoms with Crippen molar-refractivity contribution >= 4 is 39.7 Å². The second-order valence-corrected chi connectivity index (χ2v) is 7.88. The van der Waals surface area contributed by atoms with Crippen molar-refractivity contribution in [1.29, 1.82) is 0 Å². The van der Waals surface area contributed by atoms with E-state index in [2.05, 4.69) is 21.3 Å². The highest BCUT2D eigenvalue weighted by Gasteiger charge is 2.26. The summed E-state index contributed by atoms with van der Waals surface area (Å²) in [5.41, 5.74) is 9.82. The number of fused-ring (bicyclic) bond motifs is 1. The monoisotopic (exact) mass is 385 g/mol. The molecule has 0 unspecified atom stereocenters. The summed E-state index contributed by atoms with van der Waals surface area (Å²) in [5, 5.41) is 3.37. The van der Waals surface area contributed by atoms with Crippen LogP contribution in [0.25, 0.3) is 0 Å². The summed E-state index contributed by atoms with van der Waals surface area (Å²) in [4.78, 5) is 33.5. The molecular formula is C19H23N5O2S. The minimum atomic E-state index is 0.0360. The van der Waals surface area contributed by atoms with Gasteiger partial charge in [-0.25, -0.2) is 4.98 Å². The van der Waals surface area contributed by atoms with E-state index in [1.165, 1.54) is 16.9 Å². The molecule has 3 N–H and O–H groups in total. The van der Waals surface area contributed by atoms with Gasteiger partial charge in [-0.1, -0.05) is 18.3 Å². The lowest BCUT2D eigenvalue weighted by atomic mass is 10.0. The number of rotatable bonds is 3. The number of benzene rings is 1. The van der Waals surface area contributed by atoms with E-state index >= 15 is 0 Å². The number of aryl methyl sites for hydroxylation is 2. The fourth-order valence-electron chi connectivity index (χ4n) is 3.65. The van der Waals surface area contributed by atoms with Gasteiger partial charge in [0.25, 0.3) is 5.91 Å². The Labute approximate surface area is 162 Å². The van der Waals surface area contributed by atoms with E-state index in [4.69, 9.17) is 5.73 Å². The molecule has 8 heteroatoms. The van der Waals surface area contributed by atoms with Crippen molar-refractivity contribution in [3.8, 4) is 0 Å². The van der Waals surface area contributed by atoms with Crippen molar-refractivity contribution in [2.75, 3.05) is 42.1 Å². The highest BCUT2D eigenvalue weighted by Crippen LogP contribution is 2.29. The van der Waals surface area contributed by atoms with Gasteiger partial charge in [-0.15, -0.1) is 0 Å². The quantitative estimate of drug-likeness (QED) is 0.845. The Morgan fingerprint density at radius 3 is 2.78 bits per heavy atom. The van der Waals surface area contributed by atoms with Crippen LogP contribution >= 0.6 is 11.3 Å². The number of piperazine rings is 1. The Kier molecular flexibility index (Phi) is 4.73. The van der Waals surface area contributed by atoms with Gasteiger partial charge in [-0.2, -0.15) is 0 Å². The van der Waals surface area contributed by atoms with Crippen molar-refractivity contribution < 1.29 is 9.59 Å². The third kappa shape index (κ3) is 3.49. The molecule has 142 valence electrons. The van der Waals surface area contributed by atoms with Crippen molar-refractivity contribution in [1.82, 2.24) is 9.88 Å². The van der Waals surface area contributed by atoms with Gasteiger partial charge < -0.3 is 20.9 Å². The number of nitrogen functional groups attached to an aromatic ring is 1. The number of nitrogens with zero attached hydrogens (tertiary/aromatic N) is 3. The maximum Gasteiger partial charge on any atom is 0.266 e. The van der Waals surface area contributed by atoms with E-state index in [1.54, 1.807) is 0 Å². The Bertz CT molecular complexity index is 886. The number of hydrogen-bond acceptors (Lipinski definition) is 6. The van der Waals surface area contributed by atoms with Gasteiger partial charge in [0.1, 0.15) is 4.88 Å². The lowest BCUT2D eigenvalue weighted by Crippen LogP contribution is -2.48. The van der Waals surface area contributed by atoms with Gasteiger partial charge in [-0.3, -0.25) is 9.59 Å². The highest BCUT2D eigenvalue weighted by atomic mass is 32.1. The molecule has 0 spiro atoms. The molecule has 1 aromatic heterocycles. The summed E-state index contributed by atoms with van der Waals surface area (Å²) in [6.07, 6.45) is 2.02. The van der Waals surface area contributed by atoms with Crippen LogP contribution < -0.4 is 16.0 Å². The Morgan fingerprint density at radius 1 is 1.26 bits per heavy atom. The minimum Gasteiger partial charge on any atom is -0.375 e. The molecule has 1 saturated heterocycles. The van der Waals surface area contributed by atoms with E-state index in [0.717, 1.165) is 36.6 Å². The molecule has 2 aliphatic rings. The van der Waals surface area contributed by atoms with Crippen LogP contribution in [0.15, 0.2) is 18.2 Å². The summed E-state index contributed by atoms with van der Waals surface area (Å²) in [5.74, 6) is 0.117. The number of aromatic nitrogens is 1. The lowest BCUT2D eigenvalue weighted by molar-refractivity contribution is -0.116. The molecule has 2 amide bonds. The summed E-state index contributed by atoms with van der Waals surface area (Å²) >= 11 is 1.28. The van der Waals surface area contributed by atoms with Gasteiger partial charge in [0.2, 0.25) is 5.91 Å². The van der Waals surface area contributed by atoms with E-state index in [9.17, 15) is 9.59 Å². The van der Waals surface area contributed by atoms with Crippen LogP contribution in [0.2, 0.25) is 0 Å². The molecule has 2 aromatic rings. The SMILES string of the molecule is CCc1nc(N)sc1C(=O)N1CCN(c2ccc3c(c2)CCC(=O)N3)CC1. The normalized spacial score (nSPS) is 16.9. The van der Waals surface area contributed by atoms with E-state index in [1.807, 2.05) is 24.0 Å². The third-order valence-corrected chi connectivity index (χ3v) is 6.07. The zero-order chi connectivity index (χ0) is 19.0. The first-order valence-corrected chi connectivity index (χ1v) is 10.1. The number of thiazole rings is 1. The zero-order valence-electron chi connectivity index (χ0n) is 15.3. The molecule has 27 heavy (non-hydrogen) atoms. The van der Waals surface area contributed by atoms with Gasteiger partial charge >= 0.3 is 0 Å². The molecule has 1 aromatic carbocycles. The first-order valence-electron chi connectivity index (χ1n) is 9.27. The predicted molar refractivity (Wildman–Crippen MR) is 107 cm³/mol. The molecular weight excluding hydrogens is 362 g/mol. The molecule has 3 heterocycles. The van der Waals surface area contributed by atoms with Crippen LogP contribution in [0.1, 0.15) is 34.3 Å². The van der Waals surface area contributed by atoms with Crippen LogP contribution in [-0.2, 0) is 17.6 Å². The van der Waals surface area contributed by atoms with Gasteiger partial charge in [0.05, 0.1) is 5.69 Å². The third-order valence-electron chi connectivity index (χ3n) is 5.16. The molecule has 7 nitrogen and oxygen atoms in total. The van der Waals surface area contributed by atoms with Crippen LogP contribution in [0.4, 0.5) is 16.5 Å². The number of anilines is 3. The van der Waals surface area contributed by atoms with Gasteiger partial charge in [-0.05, 0) is 36.6 Å². The lowest BCUT2D eigenvalue weighted by Gasteiger charge is -2.36. The molecule has 0 aliphatic carbocycles. The van der Waals surface area contributed by atoms with Gasteiger partial charge in [0, 0.05) is 44.0 Å². The molecule has 0 radical (unpaired) electrons. The number of carbonyl (C=O) groups excluding carboxylic acids is 2. The van der Waals surface area contributed by atoms with Crippen LogP contribution in [0.3, 0.4) is 0 Å². The zero-order valence-corrected chi connectivity index (χ0v) is 16.1. The predicted octanol–water partition coefficient (Wildman–Crippen LogP) is 2.13. The molecule has 2 aliphatic heterocycles. The second-order valence-electron chi connectivity index (χ2n) is 6.85. The summed E-state index contributed by atoms with van der Waals surface area (Å²) < 4.78 is 0. The molecule has 1 fully saturated rings. The molecule has 0 bridgehead atoms. The number of nitrogens with one attached hydrogen (secondary N) is 1. The first-order chi connectivity index (χ1) is 13.0. The summed E-state index contributed by atoms with van der Waals surface area (Å²) in [6.45, 7) is 4.90. The molecule has 0 atom stereocenters. The standard InChI is InChI=1S/C19H23N5O2S/c1-2-14-17(27-19(20)22-14)18(26)24-9-7-23(8-10-24)13-4-5-15-12(11-13)3-6-16(25)21-15/h4-5,11H,2-3,6-10H2,1H3,(H2,20,22)(H,21,25). The van der Waals surface area contributed by atoms with E-state index in [-0.39, 0.29) is 11.8 Å². The topological polar surface area (TPSA) is 91.6 Å². The average Bonchev–Trinajstić information content (AvgIpc) is 3.08. The Hall–Kier alpha value is -2.61. The maximum atomic E-state index is 12.8. The Morgan fingerprint density at radius 2 is 2.04 bits per heavy atom. The number of hydrogen-bond donors (Lipinski definition) is 2. The minimum absolute atomic E-state index is 0.0360. The van der Waals surface area contributed by atoms with Crippen LogP contribution in [0.5, 0.6) is 0 Å². The number of carbonyl (C=O) groups is 2.